The standard InChI is InChI=1S/C8H19N3O/c1-2-10-7-4-8(12)11-6-3-5-9/h10H,2-7,9H2,1H3,(H,11,12). The van der Waals surface area contributed by atoms with E-state index in [9.17, 15) is 4.79 Å². The summed E-state index contributed by atoms with van der Waals surface area (Å²) in [6.07, 6.45) is 1.41. The van der Waals surface area contributed by atoms with Crippen molar-refractivity contribution in [3.63, 3.8) is 0 Å². The molecule has 4 heteroatoms. The highest BCUT2D eigenvalue weighted by Gasteiger charge is 1.97. The van der Waals surface area contributed by atoms with Gasteiger partial charge in [-0.1, -0.05) is 6.92 Å². The second-order valence-electron chi connectivity index (χ2n) is 2.60. The van der Waals surface area contributed by atoms with Gasteiger partial charge < -0.3 is 16.4 Å². The van der Waals surface area contributed by atoms with Crippen molar-refractivity contribution >= 4 is 5.91 Å². The van der Waals surface area contributed by atoms with E-state index in [-0.39, 0.29) is 5.91 Å². The summed E-state index contributed by atoms with van der Waals surface area (Å²) in [6, 6.07) is 0. The Morgan fingerprint density at radius 1 is 1.42 bits per heavy atom. The van der Waals surface area contributed by atoms with Crippen LogP contribution in [0.1, 0.15) is 19.8 Å². The Kier molecular flexibility index (Phi) is 8.05. The Bertz CT molecular complexity index is 105. The molecule has 72 valence electrons. The van der Waals surface area contributed by atoms with Crippen molar-refractivity contribution in [2.75, 3.05) is 26.2 Å². The van der Waals surface area contributed by atoms with Crippen molar-refractivity contribution in [2.24, 2.45) is 5.73 Å². The fraction of sp³-hybridized carbons (Fsp3) is 0.875. The van der Waals surface area contributed by atoms with Crippen LogP contribution >= 0.6 is 0 Å². The highest BCUT2D eigenvalue weighted by molar-refractivity contribution is 5.75. The molecular formula is C8H19N3O. The summed E-state index contributed by atoms with van der Waals surface area (Å²) in [5.74, 6) is 0.101. The predicted octanol–water partition coefficient (Wildman–Crippen LogP) is -0.549. The van der Waals surface area contributed by atoms with Crippen molar-refractivity contribution in [2.45, 2.75) is 19.8 Å². The molecule has 0 aliphatic heterocycles. The summed E-state index contributed by atoms with van der Waals surface area (Å²) in [4.78, 5) is 11.0. The largest absolute Gasteiger partial charge is 0.356 e. The highest BCUT2D eigenvalue weighted by Crippen LogP contribution is 1.78. The molecule has 0 bridgehead atoms. The van der Waals surface area contributed by atoms with Crippen LogP contribution in [0.25, 0.3) is 0 Å². The van der Waals surface area contributed by atoms with Crippen LogP contribution in [-0.2, 0) is 4.79 Å². The maximum absolute atomic E-state index is 11.0. The van der Waals surface area contributed by atoms with Crippen LogP contribution in [0.2, 0.25) is 0 Å². The van der Waals surface area contributed by atoms with Gasteiger partial charge in [-0.25, -0.2) is 0 Å². The minimum atomic E-state index is 0.101. The van der Waals surface area contributed by atoms with Crippen LogP contribution < -0.4 is 16.4 Å². The molecule has 0 fully saturated rings. The molecule has 0 saturated heterocycles. The van der Waals surface area contributed by atoms with Gasteiger partial charge in [0.25, 0.3) is 0 Å². The number of rotatable bonds is 7. The van der Waals surface area contributed by atoms with E-state index in [1.54, 1.807) is 0 Å². The molecule has 0 atom stereocenters. The molecule has 0 spiro atoms. The van der Waals surface area contributed by atoms with Gasteiger partial charge in [-0.3, -0.25) is 4.79 Å². The summed E-state index contributed by atoms with van der Waals surface area (Å²) < 4.78 is 0. The molecule has 0 aromatic heterocycles. The number of amides is 1. The molecule has 1 amide bonds. The summed E-state index contributed by atoms with van der Waals surface area (Å²) in [6.45, 7) is 5.02. The van der Waals surface area contributed by atoms with Crippen LogP contribution in [0.15, 0.2) is 0 Å². The minimum absolute atomic E-state index is 0.101. The minimum Gasteiger partial charge on any atom is -0.356 e. The number of hydrogen-bond donors (Lipinski definition) is 3. The van der Waals surface area contributed by atoms with Crippen LogP contribution in [0.4, 0.5) is 0 Å². The second-order valence-corrected chi connectivity index (χ2v) is 2.60. The van der Waals surface area contributed by atoms with Crippen LogP contribution in [0.5, 0.6) is 0 Å². The van der Waals surface area contributed by atoms with E-state index < -0.39 is 0 Å². The monoisotopic (exact) mass is 173 g/mol. The zero-order valence-electron chi connectivity index (χ0n) is 7.73. The zero-order chi connectivity index (χ0) is 9.23. The lowest BCUT2D eigenvalue weighted by atomic mass is 10.3. The van der Waals surface area contributed by atoms with Gasteiger partial charge in [0, 0.05) is 19.5 Å². The Hall–Kier alpha value is -0.610. The third kappa shape index (κ3) is 7.50. The van der Waals surface area contributed by atoms with Crippen LogP contribution in [0.3, 0.4) is 0 Å². The zero-order valence-corrected chi connectivity index (χ0v) is 7.73. The van der Waals surface area contributed by atoms with Crippen molar-refractivity contribution in [1.29, 1.82) is 0 Å². The van der Waals surface area contributed by atoms with Crippen LogP contribution in [0, 0.1) is 0 Å². The van der Waals surface area contributed by atoms with Gasteiger partial charge in [-0.15, -0.1) is 0 Å². The number of carbonyl (C=O) groups excluding carboxylic acids is 1. The van der Waals surface area contributed by atoms with E-state index >= 15 is 0 Å². The first kappa shape index (κ1) is 11.4. The third-order valence-corrected chi connectivity index (χ3v) is 1.48. The lowest BCUT2D eigenvalue weighted by Crippen LogP contribution is -2.29. The Labute approximate surface area is 73.9 Å². The average molecular weight is 173 g/mol. The van der Waals surface area contributed by atoms with Gasteiger partial charge in [0.15, 0.2) is 0 Å². The molecule has 0 saturated carbocycles. The third-order valence-electron chi connectivity index (χ3n) is 1.48. The SMILES string of the molecule is CCNCCC(=O)NCCCN. The number of nitrogens with two attached hydrogens (primary N) is 1. The van der Waals surface area contributed by atoms with Gasteiger partial charge in [-0.05, 0) is 19.5 Å². The first-order valence-corrected chi connectivity index (χ1v) is 4.48. The van der Waals surface area contributed by atoms with Gasteiger partial charge in [-0.2, -0.15) is 0 Å². The summed E-state index contributed by atoms with van der Waals surface area (Å²) in [5, 5.41) is 5.87. The van der Waals surface area contributed by atoms with E-state index in [1.165, 1.54) is 0 Å². The molecule has 4 N–H and O–H groups in total. The van der Waals surface area contributed by atoms with Crippen molar-refractivity contribution in [3.05, 3.63) is 0 Å². The molecule has 0 heterocycles. The van der Waals surface area contributed by atoms with E-state index in [0.717, 1.165) is 19.5 Å². The highest BCUT2D eigenvalue weighted by atomic mass is 16.1. The van der Waals surface area contributed by atoms with E-state index in [4.69, 9.17) is 5.73 Å². The predicted molar refractivity (Wildman–Crippen MR) is 49.8 cm³/mol. The van der Waals surface area contributed by atoms with Gasteiger partial charge >= 0.3 is 0 Å². The molecular weight excluding hydrogens is 154 g/mol. The molecule has 0 aliphatic rings. The average Bonchev–Trinajstić information content (AvgIpc) is 2.06. The molecule has 4 nitrogen and oxygen atoms in total. The summed E-state index contributed by atoms with van der Waals surface area (Å²) in [5.41, 5.74) is 5.27. The fourth-order valence-corrected chi connectivity index (χ4v) is 0.797. The number of nitrogens with one attached hydrogen (secondary N) is 2. The summed E-state index contributed by atoms with van der Waals surface area (Å²) in [7, 11) is 0. The van der Waals surface area contributed by atoms with E-state index in [1.807, 2.05) is 6.92 Å². The first-order chi connectivity index (χ1) is 5.81. The topological polar surface area (TPSA) is 67.2 Å². The van der Waals surface area contributed by atoms with Gasteiger partial charge in [0.2, 0.25) is 5.91 Å². The van der Waals surface area contributed by atoms with E-state index in [2.05, 4.69) is 10.6 Å². The molecule has 0 aromatic carbocycles. The number of hydrogen-bond acceptors (Lipinski definition) is 3. The maximum Gasteiger partial charge on any atom is 0.221 e. The van der Waals surface area contributed by atoms with E-state index in [0.29, 0.717) is 19.5 Å². The Balaban J connectivity index is 3.10. The molecule has 0 radical (unpaired) electrons. The Morgan fingerprint density at radius 3 is 2.75 bits per heavy atom. The Morgan fingerprint density at radius 2 is 2.17 bits per heavy atom. The normalized spacial score (nSPS) is 9.83. The van der Waals surface area contributed by atoms with Crippen molar-refractivity contribution in [3.8, 4) is 0 Å². The maximum atomic E-state index is 11.0. The smallest absolute Gasteiger partial charge is 0.221 e. The van der Waals surface area contributed by atoms with Gasteiger partial charge in [0.1, 0.15) is 0 Å². The van der Waals surface area contributed by atoms with Gasteiger partial charge in [0.05, 0.1) is 0 Å². The van der Waals surface area contributed by atoms with Crippen molar-refractivity contribution < 1.29 is 4.79 Å². The van der Waals surface area contributed by atoms with Crippen molar-refractivity contribution in [1.82, 2.24) is 10.6 Å². The molecule has 0 unspecified atom stereocenters. The molecule has 0 aliphatic carbocycles. The molecule has 12 heavy (non-hydrogen) atoms. The molecule has 0 aromatic rings. The second kappa shape index (κ2) is 8.49. The molecule has 0 rings (SSSR count). The number of carbonyl (C=O) groups is 1. The lowest BCUT2D eigenvalue weighted by Gasteiger charge is -2.03. The quantitative estimate of drug-likeness (QED) is 0.453. The van der Waals surface area contributed by atoms with Crippen LogP contribution in [-0.4, -0.2) is 32.1 Å². The fourth-order valence-electron chi connectivity index (χ4n) is 0.797. The lowest BCUT2D eigenvalue weighted by molar-refractivity contribution is -0.120. The summed E-state index contributed by atoms with van der Waals surface area (Å²) >= 11 is 0. The first-order valence-electron chi connectivity index (χ1n) is 4.48.